The van der Waals surface area contributed by atoms with E-state index >= 15 is 0 Å². The van der Waals surface area contributed by atoms with E-state index < -0.39 is 17.8 Å². The van der Waals surface area contributed by atoms with Crippen LogP contribution in [0, 0.1) is 5.92 Å². The molecule has 1 aromatic rings. The van der Waals surface area contributed by atoms with Crippen LogP contribution in [0.5, 0.6) is 0 Å². The van der Waals surface area contributed by atoms with Crippen LogP contribution in [0.3, 0.4) is 0 Å². The molecule has 1 aliphatic heterocycles. The Labute approximate surface area is 110 Å². The van der Waals surface area contributed by atoms with Crippen molar-refractivity contribution in [3.8, 4) is 0 Å². The van der Waals surface area contributed by atoms with Crippen LogP contribution >= 0.6 is 0 Å². The van der Waals surface area contributed by atoms with Crippen LogP contribution in [0.2, 0.25) is 0 Å². The minimum Gasteiger partial charge on any atom is -0.478 e. The van der Waals surface area contributed by atoms with Crippen molar-refractivity contribution < 1.29 is 18.7 Å². The average Bonchev–Trinajstić information content (AvgIpc) is 2.39. The van der Waals surface area contributed by atoms with E-state index in [1.165, 1.54) is 24.3 Å². The molecule has 1 aliphatic rings. The lowest BCUT2D eigenvalue weighted by molar-refractivity contribution is -0.0843. The Morgan fingerprint density at radius 2 is 1.89 bits per heavy atom. The average molecular weight is 269 g/mol. The van der Waals surface area contributed by atoms with Gasteiger partial charge in [0.05, 0.1) is 5.56 Å². The smallest absolute Gasteiger partial charge is 0.336 e. The molecule has 2 rings (SSSR count). The lowest BCUT2D eigenvalue weighted by Crippen LogP contribution is -2.38. The molecule has 5 heteroatoms. The summed E-state index contributed by atoms with van der Waals surface area (Å²) < 4.78 is 29.0. The fraction of sp³-hybridized carbons (Fsp3) is 0.500. The van der Waals surface area contributed by atoms with Gasteiger partial charge in [-0.25, -0.2) is 13.6 Å². The number of alkyl halides is 2. The normalized spacial score (nSPS) is 18.5. The zero-order chi connectivity index (χ0) is 14.0. The van der Waals surface area contributed by atoms with E-state index in [0.717, 1.165) is 0 Å². The van der Waals surface area contributed by atoms with Gasteiger partial charge >= 0.3 is 5.97 Å². The number of piperidine rings is 1. The maximum Gasteiger partial charge on any atom is 0.336 e. The van der Waals surface area contributed by atoms with E-state index in [0.29, 0.717) is 25.9 Å². The molecule has 0 saturated carbocycles. The van der Waals surface area contributed by atoms with E-state index in [-0.39, 0.29) is 11.1 Å². The van der Waals surface area contributed by atoms with Crippen LogP contribution in [0.15, 0.2) is 24.3 Å². The van der Waals surface area contributed by atoms with Crippen LogP contribution in [-0.4, -0.2) is 36.1 Å². The van der Waals surface area contributed by atoms with E-state index in [1.54, 1.807) is 0 Å². The molecular formula is C14H17F2NO2. The lowest BCUT2D eigenvalue weighted by Gasteiger charge is -2.34. The molecule has 0 aromatic heterocycles. The molecule has 1 fully saturated rings. The van der Waals surface area contributed by atoms with E-state index in [2.05, 4.69) is 0 Å². The fourth-order valence-corrected chi connectivity index (χ4v) is 2.55. The third-order valence-electron chi connectivity index (χ3n) is 3.75. The SMILES string of the molecule is CN1CCC(C(F)(F)c2ccccc2C(=O)O)CC1. The molecule has 19 heavy (non-hydrogen) atoms. The first kappa shape index (κ1) is 13.9. The number of carboxylic acid groups (broad SMARTS) is 1. The molecule has 1 heterocycles. The molecule has 0 atom stereocenters. The number of carbonyl (C=O) groups is 1. The molecule has 3 nitrogen and oxygen atoms in total. The number of likely N-dealkylation sites (tertiary alicyclic amines) is 1. The topological polar surface area (TPSA) is 40.5 Å². The van der Waals surface area contributed by atoms with Crippen LogP contribution < -0.4 is 0 Å². The minimum atomic E-state index is -3.09. The Morgan fingerprint density at radius 1 is 1.32 bits per heavy atom. The number of aromatic carboxylic acids is 1. The Balaban J connectivity index is 2.31. The van der Waals surface area contributed by atoms with Gasteiger partial charge in [0.25, 0.3) is 5.92 Å². The van der Waals surface area contributed by atoms with Crippen LogP contribution in [0.25, 0.3) is 0 Å². The molecule has 1 saturated heterocycles. The second kappa shape index (κ2) is 5.25. The van der Waals surface area contributed by atoms with E-state index in [1.807, 2.05) is 11.9 Å². The number of halogens is 2. The molecule has 0 bridgehead atoms. The van der Waals surface area contributed by atoms with Crippen LogP contribution in [0.1, 0.15) is 28.8 Å². The van der Waals surface area contributed by atoms with Gasteiger partial charge in [0.1, 0.15) is 0 Å². The lowest BCUT2D eigenvalue weighted by atomic mass is 9.85. The third-order valence-corrected chi connectivity index (χ3v) is 3.75. The van der Waals surface area contributed by atoms with Crippen LogP contribution in [-0.2, 0) is 5.92 Å². The number of benzene rings is 1. The first-order valence-electron chi connectivity index (χ1n) is 6.32. The molecule has 0 unspecified atom stereocenters. The van der Waals surface area contributed by atoms with Gasteiger partial charge in [0.2, 0.25) is 0 Å². The van der Waals surface area contributed by atoms with Gasteiger partial charge in [-0.2, -0.15) is 0 Å². The number of nitrogens with zero attached hydrogens (tertiary/aromatic N) is 1. The first-order chi connectivity index (χ1) is 8.93. The van der Waals surface area contributed by atoms with Crippen molar-refractivity contribution in [3.05, 3.63) is 35.4 Å². The summed E-state index contributed by atoms with van der Waals surface area (Å²) in [4.78, 5) is 13.1. The van der Waals surface area contributed by atoms with Crippen molar-refractivity contribution in [1.82, 2.24) is 4.90 Å². The Hall–Kier alpha value is -1.49. The molecule has 1 aromatic carbocycles. The summed E-state index contributed by atoms with van der Waals surface area (Å²) in [5.41, 5.74) is -0.663. The van der Waals surface area contributed by atoms with Crippen molar-refractivity contribution in [2.75, 3.05) is 20.1 Å². The maximum atomic E-state index is 14.5. The molecular weight excluding hydrogens is 252 g/mol. The van der Waals surface area contributed by atoms with Crippen LogP contribution in [0.4, 0.5) is 8.78 Å². The predicted molar refractivity (Wildman–Crippen MR) is 67.5 cm³/mol. The largest absolute Gasteiger partial charge is 0.478 e. The molecule has 104 valence electrons. The zero-order valence-corrected chi connectivity index (χ0v) is 10.8. The summed E-state index contributed by atoms with van der Waals surface area (Å²) in [5.74, 6) is -5.18. The van der Waals surface area contributed by atoms with Gasteiger partial charge in [-0.05, 0) is 39.0 Å². The van der Waals surface area contributed by atoms with Gasteiger partial charge < -0.3 is 10.0 Å². The third kappa shape index (κ3) is 2.76. The summed E-state index contributed by atoms with van der Waals surface area (Å²) in [7, 11) is 1.90. The van der Waals surface area contributed by atoms with E-state index in [9.17, 15) is 13.6 Å². The minimum absolute atomic E-state index is 0.300. The number of rotatable bonds is 3. The number of hydrogen-bond acceptors (Lipinski definition) is 2. The second-order valence-electron chi connectivity index (χ2n) is 5.05. The van der Waals surface area contributed by atoms with Crippen molar-refractivity contribution in [3.63, 3.8) is 0 Å². The number of hydrogen-bond donors (Lipinski definition) is 1. The van der Waals surface area contributed by atoms with Gasteiger partial charge in [-0.3, -0.25) is 0 Å². The van der Waals surface area contributed by atoms with Gasteiger partial charge in [0, 0.05) is 11.5 Å². The van der Waals surface area contributed by atoms with E-state index in [4.69, 9.17) is 5.11 Å². The Bertz CT molecular complexity index is 468. The monoisotopic (exact) mass is 269 g/mol. The Kier molecular flexibility index (Phi) is 3.85. The highest BCUT2D eigenvalue weighted by atomic mass is 19.3. The molecule has 0 radical (unpaired) electrons. The highest BCUT2D eigenvalue weighted by Gasteiger charge is 2.44. The molecule has 0 spiro atoms. The molecule has 1 N–H and O–H groups in total. The highest BCUT2D eigenvalue weighted by Crippen LogP contribution is 2.42. The Morgan fingerprint density at radius 3 is 2.47 bits per heavy atom. The summed E-state index contributed by atoms with van der Waals surface area (Å²) in [6.45, 7) is 1.24. The fourth-order valence-electron chi connectivity index (χ4n) is 2.55. The van der Waals surface area contributed by atoms with Gasteiger partial charge in [0.15, 0.2) is 0 Å². The van der Waals surface area contributed by atoms with Crippen molar-refractivity contribution in [1.29, 1.82) is 0 Å². The summed E-state index contributed by atoms with van der Waals surface area (Å²) in [6.07, 6.45) is 0.773. The molecule has 0 amide bonds. The summed E-state index contributed by atoms with van der Waals surface area (Å²) >= 11 is 0. The van der Waals surface area contributed by atoms with Gasteiger partial charge in [-0.15, -0.1) is 0 Å². The predicted octanol–water partition coefficient (Wildman–Crippen LogP) is 2.82. The quantitative estimate of drug-likeness (QED) is 0.917. The summed E-state index contributed by atoms with van der Waals surface area (Å²) in [5, 5.41) is 9.03. The molecule has 0 aliphatic carbocycles. The van der Waals surface area contributed by atoms with Crippen molar-refractivity contribution in [2.45, 2.75) is 18.8 Å². The zero-order valence-electron chi connectivity index (χ0n) is 10.8. The summed E-state index contributed by atoms with van der Waals surface area (Å²) in [6, 6.07) is 5.39. The standard InChI is InChI=1S/C14H17F2NO2/c1-17-8-6-10(7-9-17)14(15,16)12-5-3-2-4-11(12)13(18)19/h2-5,10H,6-9H2,1H3,(H,18,19). The van der Waals surface area contributed by atoms with Gasteiger partial charge in [-0.1, -0.05) is 18.2 Å². The first-order valence-corrected chi connectivity index (χ1v) is 6.32. The maximum absolute atomic E-state index is 14.5. The number of carboxylic acids is 1. The van der Waals surface area contributed by atoms with Crippen molar-refractivity contribution >= 4 is 5.97 Å². The highest BCUT2D eigenvalue weighted by molar-refractivity contribution is 5.89. The second-order valence-corrected chi connectivity index (χ2v) is 5.05. The van der Waals surface area contributed by atoms with Crippen molar-refractivity contribution in [2.24, 2.45) is 5.92 Å².